The molecule has 1 amide bonds. The minimum atomic E-state index is -0.164. The number of aromatic nitrogens is 3. The van der Waals surface area contributed by atoms with Crippen molar-refractivity contribution in [2.45, 2.75) is 18.9 Å². The molecular weight excluding hydrogens is 362 g/mol. The van der Waals surface area contributed by atoms with Gasteiger partial charge in [0, 0.05) is 38.1 Å². The highest BCUT2D eigenvalue weighted by Gasteiger charge is 2.22. The number of pyridine rings is 1. The van der Waals surface area contributed by atoms with Crippen LogP contribution in [0.5, 0.6) is 0 Å². The van der Waals surface area contributed by atoms with Gasteiger partial charge in [0.2, 0.25) is 0 Å². The van der Waals surface area contributed by atoms with Gasteiger partial charge in [-0.3, -0.25) is 14.7 Å². The molecule has 6 nitrogen and oxygen atoms in total. The number of anilines is 1. The molecule has 2 aromatic heterocycles. The van der Waals surface area contributed by atoms with Gasteiger partial charge >= 0.3 is 0 Å². The van der Waals surface area contributed by atoms with Crippen LogP contribution in [0.3, 0.4) is 0 Å². The molecule has 148 valence electrons. The molecule has 0 spiro atoms. The number of hydrogen-bond acceptors (Lipinski definition) is 4. The lowest BCUT2D eigenvalue weighted by molar-refractivity contribution is 0.102. The number of hydrogen-bond donors (Lipinski definition) is 1. The number of carbonyl (C=O) groups is 1. The van der Waals surface area contributed by atoms with E-state index in [0.717, 1.165) is 38.3 Å². The summed E-state index contributed by atoms with van der Waals surface area (Å²) in [5.74, 6) is 0.574. The van der Waals surface area contributed by atoms with Crippen molar-refractivity contribution in [1.29, 1.82) is 0 Å². The van der Waals surface area contributed by atoms with E-state index in [9.17, 15) is 4.79 Å². The van der Waals surface area contributed by atoms with E-state index in [1.165, 1.54) is 5.56 Å². The van der Waals surface area contributed by atoms with Crippen LogP contribution in [0.2, 0.25) is 0 Å². The number of rotatable bonds is 6. The van der Waals surface area contributed by atoms with Gasteiger partial charge in [0.05, 0.1) is 17.8 Å². The second-order valence-electron chi connectivity index (χ2n) is 7.20. The van der Waals surface area contributed by atoms with Crippen molar-refractivity contribution in [2.24, 2.45) is 0 Å². The number of nitrogens with zero attached hydrogens (tertiary/aromatic N) is 4. The van der Waals surface area contributed by atoms with Gasteiger partial charge in [-0.15, -0.1) is 0 Å². The average molecular weight is 387 g/mol. The van der Waals surface area contributed by atoms with Gasteiger partial charge in [-0.2, -0.15) is 5.10 Å². The zero-order chi connectivity index (χ0) is 19.9. The minimum Gasteiger partial charge on any atom is -0.307 e. The molecule has 1 aliphatic rings. The van der Waals surface area contributed by atoms with E-state index in [1.807, 2.05) is 16.8 Å². The van der Waals surface area contributed by atoms with Crippen molar-refractivity contribution < 1.29 is 4.79 Å². The summed E-state index contributed by atoms with van der Waals surface area (Å²) in [5, 5.41) is 7.43. The second-order valence-corrected chi connectivity index (χ2v) is 7.20. The normalized spacial score (nSPS) is 15.6. The smallest absolute Gasteiger partial charge is 0.258 e. The number of benzene rings is 1. The summed E-state index contributed by atoms with van der Waals surface area (Å²) in [4.78, 5) is 18.9. The van der Waals surface area contributed by atoms with Crippen LogP contribution in [0.15, 0.2) is 73.2 Å². The van der Waals surface area contributed by atoms with Gasteiger partial charge in [0.1, 0.15) is 5.82 Å². The van der Waals surface area contributed by atoms with Crippen LogP contribution in [0, 0.1) is 0 Å². The van der Waals surface area contributed by atoms with E-state index in [0.29, 0.717) is 11.6 Å². The summed E-state index contributed by atoms with van der Waals surface area (Å²) >= 11 is 0. The van der Waals surface area contributed by atoms with Crippen molar-refractivity contribution in [3.63, 3.8) is 0 Å². The Morgan fingerprint density at radius 2 is 1.90 bits per heavy atom. The Kier molecular flexibility index (Phi) is 6.12. The first-order valence-corrected chi connectivity index (χ1v) is 9.98. The third kappa shape index (κ3) is 4.97. The Balaban J connectivity index is 1.31. The van der Waals surface area contributed by atoms with Gasteiger partial charge in [0.15, 0.2) is 0 Å². The van der Waals surface area contributed by atoms with E-state index in [-0.39, 0.29) is 5.91 Å². The molecule has 1 saturated heterocycles. The Morgan fingerprint density at radius 3 is 2.66 bits per heavy atom. The largest absolute Gasteiger partial charge is 0.307 e. The molecule has 0 unspecified atom stereocenters. The predicted molar refractivity (Wildman–Crippen MR) is 115 cm³/mol. The highest BCUT2D eigenvalue weighted by Crippen LogP contribution is 2.25. The van der Waals surface area contributed by atoms with Gasteiger partial charge in [0.25, 0.3) is 5.91 Å². The lowest BCUT2D eigenvalue weighted by Gasteiger charge is -2.32. The molecule has 0 bridgehead atoms. The van der Waals surface area contributed by atoms with Gasteiger partial charge in [-0.05, 0) is 30.5 Å². The number of piperidine rings is 1. The second kappa shape index (κ2) is 9.30. The van der Waals surface area contributed by atoms with Gasteiger partial charge < -0.3 is 5.32 Å². The fourth-order valence-electron chi connectivity index (χ4n) is 3.64. The van der Waals surface area contributed by atoms with Crippen LogP contribution in [-0.4, -0.2) is 45.2 Å². The van der Waals surface area contributed by atoms with Crippen molar-refractivity contribution in [2.75, 3.05) is 25.0 Å². The molecule has 3 aromatic rings. The lowest BCUT2D eigenvalue weighted by atomic mass is 10.1. The van der Waals surface area contributed by atoms with Gasteiger partial charge in [-0.25, -0.2) is 4.68 Å². The van der Waals surface area contributed by atoms with Gasteiger partial charge in [-0.1, -0.05) is 42.5 Å². The monoisotopic (exact) mass is 387 g/mol. The average Bonchev–Trinajstić information content (AvgIpc) is 3.24. The molecule has 0 aliphatic carbocycles. The summed E-state index contributed by atoms with van der Waals surface area (Å²) in [6.45, 7) is 2.98. The molecule has 1 N–H and O–H groups in total. The molecule has 29 heavy (non-hydrogen) atoms. The predicted octanol–water partition coefficient (Wildman–Crippen LogP) is 3.88. The topological polar surface area (TPSA) is 63.1 Å². The van der Waals surface area contributed by atoms with Crippen molar-refractivity contribution in [3.8, 4) is 0 Å². The summed E-state index contributed by atoms with van der Waals surface area (Å²) in [5.41, 5.74) is 1.77. The van der Waals surface area contributed by atoms with Crippen LogP contribution in [0.1, 0.15) is 34.8 Å². The van der Waals surface area contributed by atoms with E-state index < -0.39 is 0 Å². The van der Waals surface area contributed by atoms with Crippen molar-refractivity contribution >= 4 is 17.8 Å². The molecule has 1 aliphatic heterocycles. The molecular formula is C23H25N5O. The fourth-order valence-corrected chi connectivity index (χ4v) is 3.64. The lowest BCUT2D eigenvalue weighted by Crippen LogP contribution is -2.35. The number of nitrogens with one attached hydrogen (secondary N) is 1. The Labute approximate surface area is 170 Å². The summed E-state index contributed by atoms with van der Waals surface area (Å²) in [6, 6.07) is 16.0. The van der Waals surface area contributed by atoms with E-state index >= 15 is 0 Å². The number of amides is 1. The molecule has 0 radical (unpaired) electrons. The minimum absolute atomic E-state index is 0.164. The van der Waals surface area contributed by atoms with Crippen LogP contribution in [0.25, 0.3) is 6.08 Å². The van der Waals surface area contributed by atoms with E-state index in [2.05, 4.69) is 56.7 Å². The molecule has 4 rings (SSSR count). The fraction of sp³-hybridized carbons (Fsp3) is 0.261. The highest BCUT2D eigenvalue weighted by atomic mass is 16.1. The third-order valence-electron chi connectivity index (χ3n) is 5.21. The zero-order valence-corrected chi connectivity index (χ0v) is 16.3. The SMILES string of the molecule is O=C(Nc1ccnn1C1CCN(C/C=C/c2ccccc2)CC1)c1cccnc1. The van der Waals surface area contributed by atoms with E-state index in [4.69, 9.17) is 0 Å². The quantitative estimate of drug-likeness (QED) is 0.697. The highest BCUT2D eigenvalue weighted by molar-refractivity contribution is 6.03. The first-order valence-electron chi connectivity index (χ1n) is 9.98. The standard InChI is InChI=1S/C23H25N5O/c29-23(20-9-4-13-24-18-20)26-22-10-14-25-28(22)21-11-16-27(17-12-21)15-5-8-19-6-2-1-3-7-19/h1-10,13-14,18,21H,11-12,15-17H2,(H,26,29)/b8-5+. The Morgan fingerprint density at radius 1 is 1.07 bits per heavy atom. The molecule has 6 heteroatoms. The van der Waals surface area contributed by atoms with E-state index in [1.54, 1.807) is 30.7 Å². The molecule has 0 saturated carbocycles. The molecule has 3 heterocycles. The maximum absolute atomic E-state index is 12.4. The Bertz CT molecular complexity index is 944. The summed E-state index contributed by atoms with van der Waals surface area (Å²) in [6.07, 6.45) is 11.4. The number of likely N-dealkylation sites (tertiary alicyclic amines) is 1. The summed E-state index contributed by atoms with van der Waals surface area (Å²) in [7, 11) is 0. The maximum Gasteiger partial charge on any atom is 0.258 e. The molecule has 0 atom stereocenters. The number of carbonyl (C=O) groups excluding carboxylic acids is 1. The first-order chi connectivity index (χ1) is 14.3. The summed E-state index contributed by atoms with van der Waals surface area (Å²) < 4.78 is 1.95. The first kappa shape index (κ1) is 19.1. The van der Waals surface area contributed by atoms with Crippen LogP contribution in [-0.2, 0) is 0 Å². The van der Waals surface area contributed by atoms with Crippen LogP contribution >= 0.6 is 0 Å². The third-order valence-corrected chi connectivity index (χ3v) is 5.21. The van der Waals surface area contributed by atoms with Crippen LogP contribution in [0.4, 0.5) is 5.82 Å². The van der Waals surface area contributed by atoms with Crippen molar-refractivity contribution in [1.82, 2.24) is 19.7 Å². The molecule has 1 aromatic carbocycles. The zero-order valence-electron chi connectivity index (χ0n) is 16.3. The molecule has 1 fully saturated rings. The van der Waals surface area contributed by atoms with Crippen molar-refractivity contribution in [3.05, 3.63) is 84.3 Å². The Hall–Kier alpha value is -3.25. The maximum atomic E-state index is 12.4. The van der Waals surface area contributed by atoms with Crippen LogP contribution < -0.4 is 5.32 Å².